The summed E-state index contributed by atoms with van der Waals surface area (Å²) in [5.74, 6) is 0.932. The summed E-state index contributed by atoms with van der Waals surface area (Å²) in [4.78, 5) is 11.0. The van der Waals surface area contributed by atoms with E-state index in [1.54, 1.807) is 24.3 Å². The molecule has 3 aromatic rings. The molecule has 0 fully saturated rings. The third kappa shape index (κ3) is 3.12. The van der Waals surface area contributed by atoms with Crippen LogP contribution in [0.3, 0.4) is 0 Å². The third-order valence-corrected chi connectivity index (χ3v) is 2.99. The molecule has 1 heterocycles. The van der Waals surface area contributed by atoms with Crippen molar-refractivity contribution in [3.63, 3.8) is 0 Å². The van der Waals surface area contributed by atoms with Crippen molar-refractivity contribution in [3.05, 3.63) is 66.1 Å². The van der Waals surface area contributed by atoms with E-state index in [1.165, 1.54) is 0 Å². The van der Waals surface area contributed by atoms with Crippen LogP contribution in [0.4, 0.5) is 0 Å². The number of primary amides is 1. The summed E-state index contributed by atoms with van der Waals surface area (Å²) in [5, 5.41) is 7.92. The summed E-state index contributed by atoms with van der Waals surface area (Å²) in [6, 6.07) is 16.0. The molecule has 3 rings (SSSR count). The highest BCUT2D eigenvalue weighted by molar-refractivity contribution is 5.92. The maximum atomic E-state index is 11.0. The quantitative estimate of drug-likeness (QED) is 0.780. The van der Waals surface area contributed by atoms with Gasteiger partial charge in [0.1, 0.15) is 5.75 Å². The summed E-state index contributed by atoms with van der Waals surface area (Å²) in [6.07, 6.45) is 0. The van der Waals surface area contributed by atoms with Crippen molar-refractivity contribution in [2.45, 2.75) is 6.61 Å². The zero-order chi connectivity index (χ0) is 15.4. The van der Waals surface area contributed by atoms with E-state index in [-0.39, 0.29) is 6.61 Å². The summed E-state index contributed by atoms with van der Waals surface area (Å²) in [6.45, 7) is 0.149. The summed E-state index contributed by atoms with van der Waals surface area (Å²) in [5.41, 5.74) is 6.45. The molecular weight excluding hydrogens is 282 g/mol. The molecule has 6 heteroatoms. The van der Waals surface area contributed by atoms with Crippen molar-refractivity contribution in [3.8, 4) is 17.2 Å². The normalized spacial score (nSPS) is 10.4. The summed E-state index contributed by atoms with van der Waals surface area (Å²) in [7, 11) is 0. The van der Waals surface area contributed by atoms with Crippen LogP contribution < -0.4 is 10.5 Å². The Morgan fingerprint density at radius 3 is 2.45 bits per heavy atom. The first-order valence-corrected chi connectivity index (χ1v) is 6.63. The first-order chi connectivity index (χ1) is 10.7. The molecule has 2 N–H and O–H groups in total. The van der Waals surface area contributed by atoms with Gasteiger partial charge in [0, 0.05) is 11.1 Å². The second-order valence-corrected chi connectivity index (χ2v) is 4.54. The predicted octanol–water partition coefficient (Wildman–Crippen LogP) is 2.41. The highest BCUT2D eigenvalue weighted by Crippen LogP contribution is 2.18. The van der Waals surface area contributed by atoms with E-state index in [2.05, 4.69) is 10.2 Å². The van der Waals surface area contributed by atoms with E-state index >= 15 is 0 Å². The topological polar surface area (TPSA) is 91.2 Å². The van der Waals surface area contributed by atoms with E-state index in [0.29, 0.717) is 23.1 Å². The van der Waals surface area contributed by atoms with Gasteiger partial charge >= 0.3 is 0 Å². The molecule has 0 atom stereocenters. The van der Waals surface area contributed by atoms with Crippen LogP contribution in [0.15, 0.2) is 59.0 Å². The smallest absolute Gasteiger partial charge is 0.254 e. The van der Waals surface area contributed by atoms with Crippen LogP contribution in [0.25, 0.3) is 11.5 Å². The number of carbonyl (C=O) groups is 1. The minimum Gasteiger partial charge on any atom is -0.484 e. The standard InChI is InChI=1S/C16H13N3O3/c17-15(20)11-6-8-13(9-7-11)21-10-14-18-19-16(22-14)12-4-2-1-3-5-12/h1-9H,10H2,(H2,17,20). The van der Waals surface area contributed by atoms with Crippen molar-refractivity contribution in [2.75, 3.05) is 0 Å². The lowest BCUT2D eigenvalue weighted by Gasteiger charge is -2.03. The van der Waals surface area contributed by atoms with E-state index in [1.807, 2.05) is 30.3 Å². The van der Waals surface area contributed by atoms with Crippen LogP contribution in [0.2, 0.25) is 0 Å². The Morgan fingerprint density at radius 2 is 1.77 bits per heavy atom. The molecule has 0 radical (unpaired) electrons. The first-order valence-electron chi connectivity index (χ1n) is 6.63. The van der Waals surface area contributed by atoms with Gasteiger partial charge in [-0.15, -0.1) is 10.2 Å². The Kier molecular flexibility index (Phi) is 3.82. The highest BCUT2D eigenvalue weighted by atomic mass is 16.5. The van der Waals surface area contributed by atoms with Crippen LogP contribution in [0, 0.1) is 0 Å². The number of ether oxygens (including phenoxy) is 1. The second kappa shape index (κ2) is 6.09. The van der Waals surface area contributed by atoms with Crippen LogP contribution in [-0.4, -0.2) is 16.1 Å². The van der Waals surface area contributed by atoms with Gasteiger partial charge in [-0.2, -0.15) is 0 Å². The van der Waals surface area contributed by atoms with Gasteiger partial charge in [0.25, 0.3) is 5.89 Å². The van der Waals surface area contributed by atoms with Crippen LogP contribution >= 0.6 is 0 Å². The SMILES string of the molecule is NC(=O)c1ccc(OCc2nnc(-c3ccccc3)o2)cc1. The van der Waals surface area contributed by atoms with E-state index in [0.717, 1.165) is 5.56 Å². The van der Waals surface area contributed by atoms with Crippen molar-refractivity contribution in [1.29, 1.82) is 0 Å². The number of benzene rings is 2. The molecule has 0 aliphatic heterocycles. The molecule has 6 nitrogen and oxygen atoms in total. The minimum atomic E-state index is -0.476. The minimum absolute atomic E-state index is 0.149. The van der Waals surface area contributed by atoms with Gasteiger partial charge in [-0.05, 0) is 36.4 Å². The first kappa shape index (κ1) is 13.8. The fraction of sp³-hybridized carbons (Fsp3) is 0.0625. The number of amides is 1. The van der Waals surface area contributed by atoms with Crippen molar-refractivity contribution in [1.82, 2.24) is 10.2 Å². The number of rotatable bonds is 5. The molecular formula is C16H13N3O3. The zero-order valence-electron chi connectivity index (χ0n) is 11.6. The lowest BCUT2D eigenvalue weighted by Crippen LogP contribution is -2.10. The largest absolute Gasteiger partial charge is 0.484 e. The van der Waals surface area contributed by atoms with Crippen molar-refractivity contribution < 1.29 is 13.9 Å². The summed E-state index contributed by atoms with van der Waals surface area (Å²) < 4.78 is 11.1. The van der Waals surface area contributed by atoms with Crippen LogP contribution in [-0.2, 0) is 6.61 Å². The molecule has 0 saturated heterocycles. The van der Waals surface area contributed by atoms with Crippen molar-refractivity contribution >= 4 is 5.91 Å². The Morgan fingerprint density at radius 1 is 1.05 bits per heavy atom. The molecule has 0 aliphatic rings. The number of nitrogens with zero attached hydrogens (tertiary/aromatic N) is 2. The molecule has 0 saturated carbocycles. The van der Waals surface area contributed by atoms with Crippen LogP contribution in [0.1, 0.15) is 16.2 Å². The number of hydrogen-bond donors (Lipinski definition) is 1. The molecule has 1 amide bonds. The Bertz CT molecular complexity index is 767. The Hall–Kier alpha value is -3.15. The van der Waals surface area contributed by atoms with Crippen molar-refractivity contribution in [2.24, 2.45) is 5.73 Å². The molecule has 2 aromatic carbocycles. The molecule has 0 bridgehead atoms. The monoisotopic (exact) mass is 295 g/mol. The molecule has 0 aliphatic carbocycles. The maximum Gasteiger partial charge on any atom is 0.254 e. The molecule has 1 aromatic heterocycles. The molecule has 0 spiro atoms. The third-order valence-electron chi connectivity index (χ3n) is 2.99. The average Bonchev–Trinajstić information content (AvgIpc) is 3.03. The highest BCUT2D eigenvalue weighted by Gasteiger charge is 2.08. The Labute approximate surface area is 126 Å². The molecule has 0 unspecified atom stereocenters. The number of carbonyl (C=O) groups excluding carboxylic acids is 1. The predicted molar refractivity (Wildman–Crippen MR) is 79.0 cm³/mol. The van der Waals surface area contributed by atoms with E-state index in [9.17, 15) is 4.79 Å². The van der Waals surface area contributed by atoms with Gasteiger partial charge in [-0.1, -0.05) is 18.2 Å². The second-order valence-electron chi connectivity index (χ2n) is 4.54. The van der Waals surface area contributed by atoms with Gasteiger partial charge in [0.15, 0.2) is 6.61 Å². The lowest BCUT2D eigenvalue weighted by molar-refractivity contribution is 0.1000. The van der Waals surface area contributed by atoms with E-state index in [4.69, 9.17) is 14.9 Å². The number of aromatic nitrogens is 2. The molecule has 110 valence electrons. The van der Waals surface area contributed by atoms with Gasteiger partial charge in [0.2, 0.25) is 11.8 Å². The fourth-order valence-electron chi connectivity index (χ4n) is 1.87. The maximum absolute atomic E-state index is 11.0. The summed E-state index contributed by atoms with van der Waals surface area (Å²) >= 11 is 0. The Balaban J connectivity index is 1.65. The van der Waals surface area contributed by atoms with Gasteiger partial charge < -0.3 is 14.9 Å². The fourth-order valence-corrected chi connectivity index (χ4v) is 1.87. The lowest BCUT2D eigenvalue weighted by atomic mass is 10.2. The van der Waals surface area contributed by atoms with Gasteiger partial charge in [0.05, 0.1) is 0 Å². The number of hydrogen-bond acceptors (Lipinski definition) is 5. The van der Waals surface area contributed by atoms with Gasteiger partial charge in [-0.3, -0.25) is 4.79 Å². The number of nitrogens with two attached hydrogens (primary N) is 1. The van der Waals surface area contributed by atoms with Gasteiger partial charge in [-0.25, -0.2) is 0 Å². The average molecular weight is 295 g/mol. The zero-order valence-corrected chi connectivity index (χ0v) is 11.6. The van der Waals surface area contributed by atoms with Crippen LogP contribution in [0.5, 0.6) is 5.75 Å². The molecule has 22 heavy (non-hydrogen) atoms. The van der Waals surface area contributed by atoms with E-state index < -0.39 is 5.91 Å².